The second-order valence-electron chi connectivity index (χ2n) is 11.4. The molecule has 0 spiro atoms. The molecule has 200 valence electrons. The zero-order chi connectivity index (χ0) is 27.2. The fraction of sp³-hybridized carbons (Fsp3) is 0.467. The fourth-order valence-corrected chi connectivity index (χ4v) is 5.52. The molecule has 1 fully saturated rings. The van der Waals surface area contributed by atoms with E-state index in [9.17, 15) is 4.79 Å². The minimum atomic E-state index is -0.357. The van der Waals surface area contributed by atoms with E-state index >= 15 is 0 Å². The maximum absolute atomic E-state index is 13.7. The first kappa shape index (κ1) is 26.1. The number of aryl methyl sites for hydroxylation is 4. The van der Waals surface area contributed by atoms with Gasteiger partial charge in [0.05, 0.1) is 11.1 Å². The van der Waals surface area contributed by atoms with E-state index < -0.39 is 0 Å². The van der Waals surface area contributed by atoms with Gasteiger partial charge in [0.25, 0.3) is 5.56 Å². The Kier molecular flexibility index (Phi) is 6.86. The largest absolute Gasteiger partial charge is 0.369 e. The first-order valence-electron chi connectivity index (χ1n) is 13.6. The predicted octanol–water partition coefficient (Wildman–Crippen LogP) is 4.80. The summed E-state index contributed by atoms with van der Waals surface area (Å²) in [7, 11) is 0. The number of nitrogens with one attached hydrogen (secondary N) is 1. The molecular weight excluding hydrogens is 474 g/mol. The predicted molar refractivity (Wildman–Crippen MR) is 153 cm³/mol. The lowest BCUT2D eigenvalue weighted by Crippen LogP contribution is -2.49. The number of piperazine rings is 1. The number of fused-ring (bicyclic) bond motifs is 1. The summed E-state index contributed by atoms with van der Waals surface area (Å²) in [5.41, 5.74) is 7.24. The molecule has 38 heavy (non-hydrogen) atoms. The van der Waals surface area contributed by atoms with E-state index in [4.69, 9.17) is 0 Å². The Labute approximate surface area is 224 Å². The molecule has 1 aliphatic heterocycles. The average molecular weight is 514 g/mol. The number of H-pyrrole nitrogens is 1. The van der Waals surface area contributed by atoms with E-state index in [0.717, 1.165) is 54.6 Å². The van der Waals surface area contributed by atoms with Gasteiger partial charge in [0.1, 0.15) is 6.04 Å². The molecule has 0 amide bonds. The molecule has 8 nitrogen and oxygen atoms in total. The molecule has 1 aliphatic rings. The molecular formula is C30H39N7O. The minimum Gasteiger partial charge on any atom is -0.369 e. The van der Waals surface area contributed by atoms with Crippen molar-refractivity contribution in [2.45, 2.75) is 66.5 Å². The number of hydrogen-bond donors (Lipinski definition) is 1. The van der Waals surface area contributed by atoms with Gasteiger partial charge in [-0.2, -0.15) is 0 Å². The Balaban J connectivity index is 1.60. The summed E-state index contributed by atoms with van der Waals surface area (Å²) in [6, 6.07) is 12.5. The SMILES string of the molecule is CCC(C)(C)n1nnnc1[C@H](c1cc2c(C)ccc(C)c2[nH]c1=O)N1CCN(c2cc(C)ccc2C)CC1. The first-order valence-corrected chi connectivity index (χ1v) is 13.6. The Morgan fingerprint density at radius 3 is 2.34 bits per heavy atom. The van der Waals surface area contributed by atoms with Gasteiger partial charge in [0.2, 0.25) is 0 Å². The third kappa shape index (κ3) is 4.62. The van der Waals surface area contributed by atoms with Crippen LogP contribution in [0.25, 0.3) is 10.9 Å². The van der Waals surface area contributed by atoms with Gasteiger partial charge in [0, 0.05) is 42.8 Å². The maximum atomic E-state index is 13.7. The van der Waals surface area contributed by atoms with Gasteiger partial charge >= 0.3 is 0 Å². The minimum absolute atomic E-state index is 0.0861. The van der Waals surface area contributed by atoms with Gasteiger partial charge < -0.3 is 9.88 Å². The van der Waals surface area contributed by atoms with Crippen LogP contribution >= 0.6 is 0 Å². The van der Waals surface area contributed by atoms with Gasteiger partial charge in [-0.3, -0.25) is 9.69 Å². The number of benzene rings is 2. The number of aromatic nitrogens is 5. The molecule has 0 aliphatic carbocycles. The Bertz CT molecular complexity index is 1530. The number of tetrazole rings is 1. The highest BCUT2D eigenvalue weighted by molar-refractivity contribution is 5.85. The zero-order valence-electron chi connectivity index (χ0n) is 23.7. The maximum Gasteiger partial charge on any atom is 0.253 e. The van der Waals surface area contributed by atoms with Crippen LogP contribution in [-0.4, -0.2) is 56.3 Å². The second-order valence-corrected chi connectivity index (χ2v) is 11.4. The summed E-state index contributed by atoms with van der Waals surface area (Å²) in [6.45, 7) is 18.2. The number of rotatable bonds is 6. The summed E-state index contributed by atoms with van der Waals surface area (Å²) >= 11 is 0. The summed E-state index contributed by atoms with van der Waals surface area (Å²) in [5, 5.41) is 14.1. The van der Waals surface area contributed by atoms with Gasteiger partial charge in [-0.05, 0) is 92.8 Å². The van der Waals surface area contributed by atoms with Crippen molar-refractivity contribution in [3.05, 3.63) is 80.4 Å². The molecule has 0 radical (unpaired) electrons. The van der Waals surface area contributed by atoms with Crippen molar-refractivity contribution in [3.63, 3.8) is 0 Å². The molecule has 3 heterocycles. The topological polar surface area (TPSA) is 82.9 Å². The van der Waals surface area contributed by atoms with Crippen molar-refractivity contribution in [1.82, 2.24) is 30.1 Å². The molecule has 1 saturated heterocycles. The molecule has 0 bridgehead atoms. The molecule has 8 heteroatoms. The molecule has 5 rings (SSSR count). The average Bonchev–Trinajstić information content (AvgIpc) is 3.39. The molecule has 1 atom stereocenters. The molecule has 4 aromatic rings. The molecule has 2 aromatic carbocycles. The van der Waals surface area contributed by atoms with E-state index in [-0.39, 0.29) is 17.1 Å². The summed E-state index contributed by atoms with van der Waals surface area (Å²) in [4.78, 5) is 21.7. The van der Waals surface area contributed by atoms with Crippen LogP contribution in [0.1, 0.15) is 66.9 Å². The van der Waals surface area contributed by atoms with Gasteiger partial charge in [0.15, 0.2) is 5.82 Å². The lowest BCUT2D eigenvalue weighted by molar-refractivity contribution is 0.186. The quantitative estimate of drug-likeness (QED) is 0.399. The van der Waals surface area contributed by atoms with Crippen molar-refractivity contribution in [3.8, 4) is 0 Å². The van der Waals surface area contributed by atoms with E-state index in [0.29, 0.717) is 11.4 Å². The Hall–Kier alpha value is -3.52. The lowest BCUT2D eigenvalue weighted by atomic mass is 9.97. The van der Waals surface area contributed by atoms with Crippen molar-refractivity contribution >= 4 is 16.6 Å². The van der Waals surface area contributed by atoms with Crippen LogP contribution in [-0.2, 0) is 5.54 Å². The van der Waals surface area contributed by atoms with Crippen LogP contribution in [0.2, 0.25) is 0 Å². The van der Waals surface area contributed by atoms with Crippen LogP contribution in [0.5, 0.6) is 0 Å². The third-order valence-electron chi connectivity index (χ3n) is 8.33. The van der Waals surface area contributed by atoms with Crippen LogP contribution in [0.15, 0.2) is 41.2 Å². The standard InChI is InChI=1S/C30H39N7O/c1-8-30(6,7)37-28(32-33-34-37)27(24-18-23-20(3)11-12-22(5)26(23)31-29(24)38)36-15-13-35(14-16-36)25-17-19(2)9-10-21(25)4/h9-12,17-18,27H,8,13-16H2,1-7H3,(H,31,38)/t27-/m0/s1. The monoisotopic (exact) mass is 513 g/mol. The van der Waals surface area contributed by atoms with E-state index in [1.165, 1.54) is 16.8 Å². The van der Waals surface area contributed by atoms with Crippen molar-refractivity contribution < 1.29 is 0 Å². The van der Waals surface area contributed by atoms with Crippen LogP contribution in [0.3, 0.4) is 0 Å². The highest BCUT2D eigenvalue weighted by Gasteiger charge is 2.36. The Morgan fingerprint density at radius 1 is 0.947 bits per heavy atom. The van der Waals surface area contributed by atoms with Gasteiger partial charge in [-0.25, -0.2) is 4.68 Å². The smallest absolute Gasteiger partial charge is 0.253 e. The summed E-state index contributed by atoms with van der Waals surface area (Å²) in [5.74, 6) is 0.715. The molecule has 1 N–H and O–H groups in total. The highest BCUT2D eigenvalue weighted by Crippen LogP contribution is 2.33. The summed E-state index contributed by atoms with van der Waals surface area (Å²) < 4.78 is 1.92. The lowest BCUT2D eigenvalue weighted by Gasteiger charge is -2.40. The number of anilines is 1. The molecule has 2 aromatic heterocycles. The molecule has 0 unspecified atom stereocenters. The van der Waals surface area contributed by atoms with Crippen LogP contribution in [0, 0.1) is 27.7 Å². The van der Waals surface area contributed by atoms with E-state index in [1.807, 2.05) is 11.6 Å². The van der Waals surface area contributed by atoms with Crippen molar-refractivity contribution in [1.29, 1.82) is 0 Å². The van der Waals surface area contributed by atoms with E-state index in [1.54, 1.807) is 0 Å². The van der Waals surface area contributed by atoms with Crippen molar-refractivity contribution in [2.24, 2.45) is 0 Å². The number of pyridine rings is 1. The van der Waals surface area contributed by atoms with E-state index in [2.05, 4.69) is 108 Å². The second kappa shape index (κ2) is 9.98. The number of nitrogens with zero attached hydrogens (tertiary/aromatic N) is 6. The molecule has 0 saturated carbocycles. The number of aromatic amines is 1. The van der Waals surface area contributed by atoms with Gasteiger partial charge in [-0.15, -0.1) is 5.10 Å². The normalized spacial score (nSPS) is 15.8. The van der Waals surface area contributed by atoms with Gasteiger partial charge in [-0.1, -0.05) is 31.2 Å². The fourth-order valence-electron chi connectivity index (χ4n) is 5.52. The summed E-state index contributed by atoms with van der Waals surface area (Å²) in [6.07, 6.45) is 0.866. The van der Waals surface area contributed by atoms with Crippen LogP contribution < -0.4 is 10.5 Å². The Morgan fingerprint density at radius 2 is 1.63 bits per heavy atom. The van der Waals surface area contributed by atoms with Crippen LogP contribution in [0.4, 0.5) is 5.69 Å². The highest BCUT2D eigenvalue weighted by atomic mass is 16.1. The number of hydrogen-bond acceptors (Lipinski definition) is 6. The van der Waals surface area contributed by atoms with Crippen molar-refractivity contribution in [2.75, 3.05) is 31.1 Å². The first-order chi connectivity index (χ1) is 18.1. The third-order valence-corrected chi connectivity index (χ3v) is 8.33. The zero-order valence-corrected chi connectivity index (χ0v) is 23.7.